The van der Waals surface area contributed by atoms with Gasteiger partial charge in [0.25, 0.3) is 0 Å². The molecule has 1 aliphatic carbocycles. The zero-order chi connectivity index (χ0) is 13.2. The third-order valence-corrected chi connectivity index (χ3v) is 4.85. The van der Waals surface area contributed by atoms with Gasteiger partial charge in [-0.1, -0.05) is 22.0 Å². The molecule has 1 atom stereocenters. The van der Waals surface area contributed by atoms with E-state index in [0.717, 1.165) is 12.1 Å². The zero-order valence-electron chi connectivity index (χ0n) is 10.5. The van der Waals surface area contributed by atoms with Crippen LogP contribution in [0.4, 0.5) is 8.78 Å². The van der Waals surface area contributed by atoms with Crippen LogP contribution in [0.15, 0.2) is 18.3 Å². The number of rotatable bonds is 3. The molecule has 1 saturated carbocycles. The summed E-state index contributed by atoms with van der Waals surface area (Å²) in [5, 5.41) is 0. The molecule has 1 heterocycles. The summed E-state index contributed by atoms with van der Waals surface area (Å²) in [4.78, 5) is 4.62. The van der Waals surface area contributed by atoms with Crippen molar-refractivity contribution in [2.24, 2.45) is 5.92 Å². The smallest absolute Gasteiger partial charge is 0.248 e. The molecule has 1 aromatic rings. The molecular formula is C14H18BrF2N. The van der Waals surface area contributed by atoms with Gasteiger partial charge in [0.15, 0.2) is 0 Å². The summed E-state index contributed by atoms with van der Waals surface area (Å²) in [5.41, 5.74) is 2.24. The minimum atomic E-state index is -2.44. The molecular weight excluding hydrogens is 300 g/mol. The normalized spacial score (nSPS) is 21.8. The van der Waals surface area contributed by atoms with Crippen molar-refractivity contribution in [3.63, 3.8) is 0 Å². The predicted molar refractivity (Wildman–Crippen MR) is 72.3 cm³/mol. The fraction of sp³-hybridized carbons (Fsp3) is 0.643. The monoisotopic (exact) mass is 317 g/mol. The maximum atomic E-state index is 13.1. The van der Waals surface area contributed by atoms with Crippen molar-refractivity contribution in [3.05, 3.63) is 29.6 Å². The minimum Gasteiger partial charge on any atom is -0.261 e. The van der Waals surface area contributed by atoms with E-state index in [-0.39, 0.29) is 17.7 Å². The van der Waals surface area contributed by atoms with Gasteiger partial charge in [0.05, 0.1) is 0 Å². The second kappa shape index (κ2) is 5.64. The average molecular weight is 318 g/mol. The van der Waals surface area contributed by atoms with Gasteiger partial charge >= 0.3 is 0 Å². The van der Waals surface area contributed by atoms with E-state index < -0.39 is 5.92 Å². The molecule has 0 N–H and O–H groups in total. The third-order valence-electron chi connectivity index (χ3n) is 3.78. The number of nitrogens with zero attached hydrogens (tertiary/aromatic N) is 1. The fourth-order valence-corrected chi connectivity index (χ4v) is 3.34. The van der Waals surface area contributed by atoms with Crippen molar-refractivity contribution < 1.29 is 8.78 Å². The molecule has 0 bridgehead atoms. The number of halogens is 3. The first-order valence-electron chi connectivity index (χ1n) is 6.40. The maximum absolute atomic E-state index is 13.1. The lowest BCUT2D eigenvalue weighted by atomic mass is 9.83. The second-order valence-electron chi connectivity index (χ2n) is 5.18. The van der Waals surface area contributed by atoms with E-state index in [0.29, 0.717) is 18.8 Å². The Hall–Kier alpha value is -0.510. The quantitative estimate of drug-likeness (QED) is 0.747. The molecule has 18 heavy (non-hydrogen) atoms. The van der Waals surface area contributed by atoms with E-state index in [1.165, 1.54) is 5.56 Å². The van der Waals surface area contributed by atoms with Crippen LogP contribution in [0.25, 0.3) is 0 Å². The van der Waals surface area contributed by atoms with E-state index in [9.17, 15) is 8.78 Å². The van der Waals surface area contributed by atoms with E-state index in [1.807, 2.05) is 19.1 Å². The molecule has 1 aromatic heterocycles. The Labute approximate surface area is 115 Å². The van der Waals surface area contributed by atoms with E-state index in [2.05, 4.69) is 20.9 Å². The standard InChI is InChI=1S/C14H18BrF2N/c1-10-3-2-8-18-13(10)9-12(15)11-4-6-14(16,17)7-5-11/h2-3,8,11-12H,4-7,9H2,1H3. The van der Waals surface area contributed by atoms with Gasteiger partial charge in [-0.05, 0) is 37.3 Å². The van der Waals surface area contributed by atoms with Crippen molar-refractivity contribution >= 4 is 15.9 Å². The molecule has 0 amide bonds. The van der Waals surface area contributed by atoms with Gasteiger partial charge in [0.1, 0.15) is 0 Å². The van der Waals surface area contributed by atoms with Crippen LogP contribution in [0, 0.1) is 12.8 Å². The number of hydrogen-bond acceptors (Lipinski definition) is 1. The first-order chi connectivity index (χ1) is 8.48. The number of aryl methyl sites for hydroxylation is 1. The van der Waals surface area contributed by atoms with Gasteiger partial charge in [-0.3, -0.25) is 4.98 Å². The lowest BCUT2D eigenvalue weighted by molar-refractivity contribution is -0.0456. The van der Waals surface area contributed by atoms with Crippen LogP contribution >= 0.6 is 15.9 Å². The third kappa shape index (κ3) is 3.50. The highest BCUT2D eigenvalue weighted by molar-refractivity contribution is 9.09. The van der Waals surface area contributed by atoms with Gasteiger partial charge in [0, 0.05) is 36.0 Å². The Bertz CT molecular complexity index is 399. The van der Waals surface area contributed by atoms with E-state index in [1.54, 1.807) is 6.20 Å². The highest BCUT2D eigenvalue weighted by Gasteiger charge is 2.37. The van der Waals surface area contributed by atoms with Crippen molar-refractivity contribution in [1.82, 2.24) is 4.98 Å². The Kier molecular flexibility index (Phi) is 4.36. The Morgan fingerprint density at radius 2 is 2.11 bits per heavy atom. The summed E-state index contributed by atoms with van der Waals surface area (Å²) >= 11 is 3.66. The highest BCUT2D eigenvalue weighted by Crippen LogP contribution is 2.39. The lowest BCUT2D eigenvalue weighted by Crippen LogP contribution is -2.29. The van der Waals surface area contributed by atoms with Crippen LogP contribution in [0.2, 0.25) is 0 Å². The molecule has 0 spiro atoms. The van der Waals surface area contributed by atoms with E-state index in [4.69, 9.17) is 0 Å². The van der Waals surface area contributed by atoms with Crippen LogP contribution in [-0.2, 0) is 6.42 Å². The number of alkyl halides is 3. The van der Waals surface area contributed by atoms with E-state index >= 15 is 0 Å². The molecule has 0 aromatic carbocycles. The van der Waals surface area contributed by atoms with Gasteiger partial charge < -0.3 is 0 Å². The maximum Gasteiger partial charge on any atom is 0.248 e. The zero-order valence-corrected chi connectivity index (χ0v) is 12.1. The van der Waals surface area contributed by atoms with Crippen molar-refractivity contribution in [2.75, 3.05) is 0 Å². The molecule has 100 valence electrons. The average Bonchev–Trinajstić information content (AvgIpc) is 2.32. The highest BCUT2D eigenvalue weighted by atomic mass is 79.9. The summed E-state index contributed by atoms with van der Waals surface area (Å²) in [7, 11) is 0. The van der Waals surface area contributed by atoms with Gasteiger partial charge in [-0.2, -0.15) is 0 Å². The fourth-order valence-electron chi connectivity index (χ4n) is 2.51. The minimum absolute atomic E-state index is 0.0287. The van der Waals surface area contributed by atoms with Crippen molar-refractivity contribution in [1.29, 1.82) is 0 Å². The summed E-state index contributed by atoms with van der Waals surface area (Å²) in [6.07, 6.45) is 3.88. The SMILES string of the molecule is Cc1cccnc1CC(Br)C1CCC(F)(F)CC1. The summed E-state index contributed by atoms with van der Waals surface area (Å²) < 4.78 is 26.2. The second-order valence-corrected chi connectivity index (χ2v) is 6.36. The Morgan fingerprint density at radius 3 is 2.72 bits per heavy atom. The van der Waals surface area contributed by atoms with Gasteiger partial charge in [0.2, 0.25) is 5.92 Å². The molecule has 0 aliphatic heterocycles. The largest absolute Gasteiger partial charge is 0.261 e. The summed E-state index contributed by atoms with van der Waals surface area (Å²) in [6.45, 7) is 2.04. The predicted octanol–water partition coefficient (Wildman–Crippen LogP) is 4.52. The summed E-state index contributed by atoms with van der Waals surface area (Å²) in [6, 6.07) is 3.96. The summed E-state index contributed by atoms with van der Waals surface area (Å²) in [5.74, 6) is -2.10. The number of hydrogen-bond donors (Lipinski definition) is 0. The molecule has 4 heteroatoms. The van der Waals surface area contributed by atoms with Crippen molar-refractivity contribution in [3.8, 4) is 0 Å². The molecule has 1 unspecified atom stereocenters. The Balaban J connectivity index is 1.93. The number of aromatic nitrogens is 1. The molecule has 0 saturated heterocycles. The topological polar surface area (TPSA) is 12.9 Å². The van der Waals surface area contributed by atoms with Crippen LogP contribution in [-0.4, -0.2) is 15.7 Å². The lowest BCUT2D eigenvalue weighted by Gasteiger charge is -2.31. The van der Waals surface area contributed by atoms with Crippen LogP contribution in [0.3, 0.4) is 0 Å². The molecule has 1 fully saturated rings. The molecule has 1 aliphatic rings. The Morgan fingerprint density at radius 1 is 1.44 bits per heavy atom. The first kappa shape index (κ1) is 13.9. The molecule has 2 rings (SSSR count). The van der Waals surface area contributed by atoms with Crippen LogP contribution < -0.4 is 0 Å². The number of pyridine rings is 1. The van der Waals surface area contributed by atoms with Crippen molar-refractivity contribution in [2.45, 2.75) is 49.8 Å². The first-order valence-corrected chi connectivity index (χ1v) is 7.32. The molecule has 1 nitrogen and oxygen atoms in total. The van der Waals surface area contributed by atoms with Crippen LogP contribution in [0.1, 0.15) is 36.9 Å². The van der Waals surface area contributed by atoms with Crippen LogP contribution in [0.5, 0.6) is 0 Å². The van der Waals surface area contributed by atoms with Gasteiger partial charge in [-0.15, -0.1) is 0 Å². The van der Waals surface area contributed by atoms with Gasteiger partial charge in [-0.25, -0.2) is 8.78 Å². The molecule has 0 radical (unpaired) electrons.